The van der Waals surface area contributed by atoms with Crippen LogP contribution < -0.4 is 10.6 Å². The summed E-state index contributed by atoms with van der Waals surface area (Å²) in [6, 6.07) is 10.1. The second-order valence-corrected chi connectivity index (χ2v) is 6.04. The fraction of sp³-hybridized carbons (Fsp3) is 0.556. The predicted molar refractivity (Wildman–Crippen MR) is 98.2 cm³/mol. The Morgan fingerprint density at radius 2 is 1.79 bits per heavy atom. The van der Waals surface area contributed by atoms with Crippen molar-refractivity contribution in [1.29, 1.82) is 0 Å². The van der Waals surface area contributed by atoms with Gasteiger partial charge in [0.1, 0.15) is 0 Å². The van der Waals surface area contributed by atoms with Crippen LogP contribution in [0.4, 0.5) is 0 Å². The molecular formula is C18H28ClN3O2. The fourth-order valence-corrected chi connectivity index (χ4v) is 2.88. The van der Waals surface area contributed by atoms with Crippen molar-refractivity contribution in [3.8, 4) is 0 Å². The quantitative estimate of drug-likeness (QED) is 0.814. The number of rotatable bonds is 1. The zero-order valence-electron chi connectivity index (χ0n) is 14.3. The lowest BCUT2D eigenvalue weighted by Crippen LogP contribution is -2.33. The number of nitrogens with zero attached hydrogens (tertiary/aromatic N) is 1. The summed E-state index contributed by atoms with van der Waals surface area (Å²) < 4.78 is 0. The van der Waals surface area contributed by atoms with Crippen LogP contribution in [0.5, 0.6) is 0 Å². The first-order chi connectivity index (χ1) is 11.2. The van der Waals surface area contributed by atoms with Crippen molar-refractivity contribution >= 4 is 24.2 Å². The summed E-state index contributed by atoms with van der Waals surface area (Å²) in [5, 5.41) is 6.45. The fourth-order valence-electron chi connectivity index (χ4n) is 2.88. The molecule has 2 N–H and O–H groups in total. The standard InChI is InChI=1S/C18H27N3O2.ClH/c1-15(22)21-12-6-5-10-20-18(23)14-17(19-11-7-13-21)16-8-3-2-4-9-16;/h2-4,8-9,17,19H,5-7,10-14H2,1H3,(H,20,23);1H. The molecule has 1 aromatic carbocycles. The Balaban J connectivity index is 0.00000288. The molecule has 1 atom stereocenters. The zero-order chi connectivity index (χ0) is 16.5. The number of carbonyl (C=O) groups excluding carboxylic acids is 2. The maximum Gasteiger partial charge on any atom is 0.221 e. The molecular weight excluding hydrogens is 326 g/mol. The minimum atomic E-state index is 0. The van der Waals surface area contributed by atoms with Gasteiger partial charge in [0.2, 0.25) is 11.8 Å². The summed E-state index contributed by atoms with van der Waals surface area (Å²) in [5.74, 6) is 0.206. The second kappa shape index (κ2) is 11.0. The maximum atomic E-state index is 12.1. The Labute approximate surface area is 150 Å². The van der Waals surface area contributed by atoms with Crippen molar-refractivity contribution < 1.29 is 9.59 Å². The molecule has 1 aliphatic heterocycles. The van der Waals surface area contributed by atoms with Crippen molar-refractivity contribution in [3.63, 3.8) is 0 Å². The molecule has 0 aromatic heterocycles. The van der Waals surface area contributed by atoms with E-state index < -0.39 is 0 Å². The van der Waals surface area contributed by atoms with Gasteiger partial charge in [0.15, 0.2) is 0 Å². The maximum absolute atomic E-state index is 12.1. The highest BCUT2D eigenvalue weighted by Gasteiger charge is 2.16. The average molecular weight is 354 g/mol. The van der Waals surface area contributed by atoms with E-state index in [1.54, 1.807) is 6.92 Å². The monoisotopic (exact) mass is 353 g/mol. The highest BCUT2D eigenvalue weighted by molar-refractivity contribution is 5.85. The number of hydrogen-bond acceptors (Lipinski definition) is 3. The molecule has 1 aromatic rings. The first-order valence-corrected chi connectivity index (χ1v) is 8.47. The first kappa shape index (κ1) is 20.5. The van der Waals surface area contributed by atoms with E-state index in [1.165, 1.54) is 0 Å². The van der Waals surface area contributed by atoms with Crippen LogP contribution in [-0.4, -0.2) is 42.9 Å². The lowest BCUT2D eigenvalue weighted by molar-refractivity contribution is -0.129. The van der Waals surface area contributed by atoms with Gasteiger partial charge in [-0.25, -0.2) is 0 Å². The third kappa shape index (κ3) is 6.89. The van der Waals surface area contributed by atoms with Gasteiger partial charge in [-0.1, -0.05) is 30.3 Å². The predicted octanol–water partition coefficient (Wildman–Crippen LogP) is 2.28. The molecule has 2 amide bonds. The molecule has 0 radical (unpaired) electrons. The minimum absolute atomic E-state index is 0. The van der Waals surface area contributed by atoms with Crippen LogP contribution >= 0.6 is 12.4 Å². The van der Waals surface area contributed by atoms with Gasteiger partial charge in [0.25, 0.3) is 0 Å². The molecule has 0 bridgehead atoms. The number of amides is 2. The van der Waals surface area contributed by atoms with E-state index in [0.717, 1.165) is 44.5 Å². The molecule has 0 spiro atoms. The average Bonchev–Trinajstić information content (AvgIpc) is 2.57. The molecule has 1 fully saturated rings. The molecule has 0 aliphatic carbocycles. The van der Waals surface area contributed by atoms with Crippen LogP contribution in [0.2, 0.25) is 0 Å². The van der Waals surface area contributed by atoms with Crippen molar-refractivity contribution in [3.05, 3.63) is 35.9 Å². The molecule has 1 unspecified atom stereocenters. The van der Waals surface area contributed by atoms with Crippen LogP contribution in [0, 0.1) is 0 Å². The van der Waals surface area contributed by atoms with E-state index in [1.807, 2.05) is 35.2 Å². The Hall–Kier alpha value is -1.59. The van der Waals surface area contributed by atoms with Gasteiger partial charge in [-0.05, 0) is 31.4 Å². The van der Waals surface area contributed by atoms with Gasteiger partial charge in [-0.15, -0.1) is 12.4 Å². The van der Waals surface area contributed by atoms with Crippen molar-refractivity contribution in [2.24, 2.45) is 0 Å². The van der Waals surface area contributed by atoms with E-state index >= 15 is 0 Å². The van der Waals surface area contributed by atoms with Crippen LogP contribution in [0.15, 0.2) is 30.3 Å². The van der Waals surface area contributed by atoms with E-state index in [4.69, 9.17) is 0 Å². The minimum Gasteiger partial charge on any atom is -0.356 e. The highest BCUT2D eigenvalue weighted by atomic mass is 35.5. The molecule has 0 saturated carbocycles. The molecule has 1 saturated heterocycles. The summed E-state index contributed by atoms with van der Waals surface area (Å²) in [4.78, 5) is 25.7. The van der Waals surface area contributed by atoms with Crippen LogP contribution in [-0.2, 0) is 9.59 Å². The third-order valence-electron chi connectivity index (χ3n) is 4.21. The number of nitrogens with one attached hydrogen (secondary N) is 2. The van der Waals surface area contributed by atoms with Crippen molar-refractivity contribution in [2.45, 2.75) is 38.6 Å². The number of carbonyl (C=O) groups is 2. The first-order valence-electron chi connectivity index (χ1n) is 8.47. The second-order valence-electron chi connectivity index (χ2n) is 6.04. The number of benzene rings is 1. The SMILES string of the molecule is CC(=O)N1CCCCNC(=O)CC(c2ccccc2)NCCC1.Cl. The summed E-state index contributed by atoms with van der Waals surface area (Å²) in [6.07, 6.45) is 3.17. The third-order valence-corrected chi connectivity index (χ3v) is 4.21. The molecule has 5 nitrogen and oxygen atoms in total. The van der Waals surface area contributed by atoms with E-state index in [2.05, 4.69) is 10.6 Å². The summed E-state index contributed by atoms with van der Waals surface area (Å²) in [5.41, 5.74) is 1.13. The van der Waals surface area contributed by atoms with Crippen LogP contribution in [0.1, 0.15) is 44.2 Å². The van der Waals surface area contributed by atoms with Crippen molar-refractivity contribution in [1.82, 2.24) is 15.5 Å². The summed E-state index contributed by atoms with van der Waals surface area (Å²) >= 11 is 0. The Bertz CT molecular complexity index is 510. The molecule has 2 rings (SSSR count). The van der Waals surface area contributed by atoms with Gasteiger partial charge in [-0.2, -0.15) is 0 Å². The molecule has 24 heavy (non-hydrogen) atoms. The smallest absolute Gasteiger partial charge is 0.221 e. The largest absolute Gasteiger partial charge is 0.356 e. The lowest BCUT2D eigenvalue weighted by Gasteiger charge is -2.22. The summed E-state index contributed by atoms with van der Waals surface area (Å²) in [7, 11) is 0. The van der Waals surface area contributed by atoms with E-state index in [-0.39, 0.29) is 30.3 Å². The number of halogens is 1. The van der Waals surface area contributed by atoms with Gasteiger partial charge in [0.05, 0.1) is 0 Å². The van der Waals surface area contributed by atoms with Gasteiger partial charge >= 0.3 is 0 Å². The molecule has 1 aliphatic rings. The Morgan fingerprint density at radius 1 is 1.08 bits per heavy atom. The van der Waals surface area contributed by atoms with Crippen LogP contribution in [0.25, 0.3) is 0 Å². The Morgan fingerprint density at radius 3 is 2.50 bits per heavy atom. The van der Waals surface area contributed by atoms with Gasteiger partial charge < -0.3 is 15.5 Å². The highest BCUT2D eigenvalue weighted by Crippen LogP contribution is 2.16. The molecule has 134 valence electrons. The molecule has 1 heterocycles. The van der Waals surface area contributed by atoms with Gasteiger partial charge in [0, 0.05) is 39.0 Å². The van der Waals surface area contributed by atoms with E-state index in [9.17, 15) is 9.59 Å². The number of hydrogen-bond donors (Lipinski definition) is 2. The van der Waals surface area contributed by atoms with E-state index in [0.29, 0.717) is 13.0 Å². The normalized spacial score (nSPS) is 20.6. The van der Waals surface area contributed by atoms with Crippen LogP contribution in [0.3, 0.4) is 0 Å². The summed E-state index contributed by atoms with van der Waals surface area (Å²) in [6.45, 7) is 4.63. The Kier molecular flexibility index (Phi) is 9.42. The zero-order valence-corrected chi connectivity index (χ0v) is 15.1. The van der Waals surface area contributed by atoms with Crippen molar-refractivity contribution in [2.75, 3.05) is 26.2 Å². The van der Waals surface area contributed by atoms with Gasteiger partial charge in [-0.3, -0.25) is 9.59 Å². The molecule has 6 heteroatoms. The topological polar surface area (TPSA) is 61.4 Å². The lowest BCUT2D eigenvalue weighted by atomic mass is 10.0.